The minimum absolute atomic E-state index is 0.0992. The van der Waals surface area contributed by atoms with E-state index >= 15 is 0 Å². The van der Waals surface area contributed by atoms with Gasteiger partial charge in [0.05, 0.1) is 12.5 Å². The van der Waals surface area contributed by atoms with Crippen LogP contribution in [-0.2, 0) is 27.4 Å². The Morgan fingerprint density at radius 2 is 1.77 bits per heavy atom. The minimum Gasteiger partial charge on any atom is -0.445 e. The number of hydrogen-bond acceptors (Lipinski definition) is 5. The maximum atomic E-state index is 12.2. The number of nitrogens with one attached hydrogen (secondary N) is 2. The molecule has 0 bridgehead atoms. The van der Waals surface area contributed by atoms with E-state index in [9.17, 15) is 19.5 Å². The Morgan fingerprint density at radius 1 is 1.07 bits per heavy atom. The molecule has 0 heterocycles. The molecule has 160 valence electrons. The number of hydrogen-bond donors (Lipinski definition) is 4. The van der Waals surface area contributed by atoms with Gasteiger partial charge in [-0.25, -0.2) is 4.79 Å². The lowest BCUT2D eigenvalue weighted by Crippen LogP contribution is -2.47. The van der Waals surface area contributed by atoms with E-state index in [0.29, 0.717) is 0 Å². The number of ether oxygens (including phenoxy) is 1. The number of nitrogens with two attached hydrogens (primary N) is 1. The molecule has 30 heavy (non-hydrogen) atoms. The molecule has 0 aliphatic carbocycles. The Balaban J connectivity index is 1.73. The Bertz CT molecular complexity index is 863. The highest BCUT2D eigenvalue weighted by Gasteiger charge is 2.21. The maximum Gasteiger partial charge on any atom is 0.407 e. The molecular formula is C21H24IN3O5. The fourth-order valence-electron chi connectivity index (χ4n) is 2.64. The summed E-state index contributed by atoms with van der Waals surface area (Å²) in [5, 5.41) is 14.9. The van der Waals surface area contributed by atoms with Crippen molar-refractivity contribution in [2.24, 2.45) is 5.73 Å². The molecule has 0 saturated heterocycles. The second kappa shape index (κ2) is 12.1. The third kappa shape index (κ3) is 8.78. The Kier molecular flexibility index (Phi) is 9.55. The third-order valence-corrected chi connectivity index (χ3v) is 4.79. The van der Waals surface area contributed by atoms with Crippen molar-refractivity contribution in [3.63, 3.8) is 0 Å². The van der Waals surface area contributed by atoms with Gasteiger partial charge in [-0.3, -0.25) is 9.59 Å². The number of alkyl carbamates (subject to hydrolysis) is 1. The van der Waals surface area contributed by atoms with Gasteiger partial charge < -0.3 is 26.2 Å². The second-order valence-corrected chi connectivity index (χ2v) is 7.90. The zero-order valence-electron chi connectivity index (χ0n) is 16.2. The zero-order valence-corrected chi connectivity index (χ0v) is 18.4. The highest BCUT2D eigenvalue weighted by molar-refractivity contribution is 14.1. The largest absolute Gasteiger partial charge is 0.445 e. The van der Waals surface area contributed by atoms with E-state index in [4.69, 9.17) is 10.5 Å². The van der Waals surface area contributed by atoms with E-state index in [1.807, 2.05) is 54.6 Å². The van der Waals surface area contributed by atoms with Crippen molar-refractivity contribution < 1.29 is 24.2 Å². The molecule has 2 aromatic carbocycles. The molecule has 0 fully saturated rings. The van der Waals surface area contributed by atoms with Gasteiger partial charge in [0.2, 0.25) is 11.8 Å². The van der Waals surface area contributed by atoms with Gasteiger partial charge >= 0.3 is 6.09 Å². The topological polar surface area (TPSA) is 131 Å². The van der Waals surface area contributed by atoms with E-state index in [-0.39, 0.29) is 26.0 Å². The van der Waals surface area contributed by atoms with Crippen LogP contribution >= 0.6 is 22.6 Å². The first kappa shape index (κ1) is 23.6. The van der Waals surface area contributed by atoms with Gasteiger partial charge in [0.15, 0.2) is 0 Å². The monoisotopic (exact) mass is 525 g/mol. The molecule has 5 N–H and O–H groups in total. The molecule has 2 rings (SSSR count). The van der Waals surface area contributed by atoms with E-state index < -0.39 is 30.1 Å². The summed E-state index contributed by atoms with van der Waals surface area (Å²) in [7, 11) is 0. The van der Waals surface area contributed by atoms with E-state index in [1.165, 1.54) is 0 Å². The van der Waals surface area contributed by atoms with Crippen molar-refractivity contribution in [3.8, 4) is 0 Å². The first-order valence-corrected chi connectivity index (χ1v) is 10.4. The predicted octanol–water partition coefficient (Wildman–Crippen LogP) is 1.48. The summed E-state index contributed by atoms with van der Waals surface area (Å²) in [6.07, 6.45) is -1.89. The van der Waals surface area contributed by atoms with Crippen molar-refractivity contribution in [2.75, 3.05) is 6.54 Å². The van der Waals surface area contributed by atoms with Crippen LogP contribution < -0.4 is 16.4 Å². The average Bonchev–Trinajstić information content (AvgIpc) is 2.71. The number of benzene rings is 2. The lowest BCUT2D eigenvalue weighted by atomic mass is 10.1. The van der Waals surface area contributed by atoms with Gasteiger partial charge in [-0.2, -0.15) is 0 Å². The van der Waals surface area contributed by atoms with Gasteiger partial charge in [-0.05, 0) is 45.9 Å². The van der Waals surface area contributed by atoms with Crippen molar-refractivity contribution in [1.82, 2.24) is 10.6 Å². The molecular weight excluding hydrogens is 501 g/mol. The molecule has 2 atom stereocenters. The van der Waals surface area contributed by atoms with Crippen LogP contribution in [0.1, 0.15) is 17.5 Å². The fraction of sp³-hybridized carbons (Fsp3) is 0.286. The first-order valence-electron chi connectivity index (χ1n) is 9.29. The third-order valence-electron chi connectivity index (χ3n) is 4.12. The lowest BCUT2D eigenvalue weighted by Gasteiger charge is -2.17. The number of rotatable bonds is 10. The maximum absolute atomic E-state index is 12.2. The summed E-state index contributed by atoms with van der Waals surface area (Å²) >= 11 is 2.15. The van der Waals surface area contributed by atoms with Crippen LogP contribution in [0.3, 0.4) is 0 Å². The highest BCUT2D eigenvalue weighted by Crippen LogP contribution is 2.10. The van der Waals surface area contributed by atoms with Gasteiger partial charge in [-0.15, -0.1) is 0 Å². The van der Waals surface area contributed by atoms with Gasteiger partial charge in [0.25, 0.3) is 0 Å². The molecule has 0 aliphatic heterocycles. The molecule has 3 amide bonds. The normalized spacial score (nSPS) is 12.5. The molecule has 0 saturated carbocycles. The smallest absolute Gasteiger partial charge is 0.407 e. The number of aliphatic hydroxyl groups excluding tert-OH is 1. The molecule has 0 radical (unpaired) electrons. The molecule has 0 aliphatic rings. The van der Waals surface area contributed by atoms with Gasteiger partial charge in [0.1, 0.15) is 12.6 Å². The zero-order chi connectivity index (χ0) is 21.9. The first-order chi connectivity index (χ1) is 14.3. The Hall–Kier alpha value is -2.66. The molecule has 0 unspecified atom stereocenters. The number of halogens is 1. The van der Waals surface area contributed by atoms with Crippen molar-refractivity contribution in [3.05, 3.63) is 69.3 Å². The molecule has 0 spiro atoms. The van der Waals surface area contributed by atoms with Crippen LogP contribution in [0.4, 0.5) is 4.79 Å². The lowest BCUT2D eigenvalue weighted by molar-refractivity contribution is -0.128. The molecule has 8 nitrogen and oxygen atoms in total. The van der Waals surface area contributed by atoms with E-state index in [1.54, 1.807) is 0 Å². The Labute approximate surface area is 188 Å². The number of carbonyl (C=O) groups excluding carboxylic acids is 3. The van der Waals surface area contributed by atoms with Crippen LogP contribution in [0.15, 0.2) is 54.6 Å². The summed E-state index contributed by atoms with van der Waals surface area (Å²) < 4.78 is 6.03. The van der Waals surface area contributed by atoms with E-state index in [0.717, 1.165) is 14.7 Å². The number of carbonyl (C=O) groups is 3. The minimum atomic E-state index is -1.14. The molecule has 9 heteroatoms. The van der Waals surface area contributed by atoms with Crippen molar-refractivity contribution in [1.29, 1.82) is 0 Å². The fourth-order valence-corrected chi connectivity index (χ4v) is 3.24. The van der Waals surface area contributed by atoms with Crippen LogP contribution in [-0.4, -0.2) is 41.7 Å². The SMILES string of the molecule is NC(=O)[C@@H](Cc1cccc(I)c1)NC(=O)C[C@@H](O)CNC(=O)OCc1ccccc1. The summed E-state index contributed by atoms with van der Waals surface area (Å²) in [6.45, 7) is -0.0683. The van der Waals surface area contributed by atoms with Crippen molar-refractivity contribution in [2.45, 2.75) is 31.6 Å². The Morgan fingerprint density at radius 3 is 2.43 bits per heavy atom. The quantitative estimate of drug-likeness (QED) is 0.349. The van der Waals surface area contributed by atoms with Crippen LogP contribution in [0, 0.1) is 3.57 Å². The van der Waals surface area contributed by atoms with Gasteiger partial charge in [-0.1, -0.05) is 42.5 Å². The van der Waals surface area contributed by atoms with Crippen LogP contribution in [0.25, 0.3) is 0 Å². The number of amides is 3. The number of aliphatic hydroxyl groups is 1. The summed E-state index contributed by atoms with van der Waals surface area (Å²) in [6, 6.07) is 15.7. The predicted molar refractivity (Wildman–Crippen MR) is 119 cm³/mol. The average molecular weight is 525 g/mol. The highest BCUT2D eigenvalue weighted by atomic mass is 127. The summed E-state index contributed by atoms with van der Waals surface area (Å²) in [4.78, 5) is 35.5. The van der Waals surface area contributed by atoms with Crippen LogP contribution in [0.5, 0.6) is 0 Å². The second-order valence-electron chi connectivity index (χ2n) is 6.66. The number of primary amides is 1. The standard InChI is InChI=1S/C21H24IN3O5/c22-16-8-4-7-15(9-16)10-18(20(23)28)25-19(27)11-17(26)12-24-21(29)30-13-14-5-2-1-3-6-14/h1-9,17-18,26H,10-13H2,(H2,23,28)(H,24,29)(H,25,27)/t17-,18-/m1/s1. The van der Waals surface area contributed by atoms with Gasteiger partial charge in [0, 0.05) is 16.5 Å². The summed E-state index contributed by atoms with van der Waals surface area (Å²) in [5.74, 6) is -1.21. The summed E-state index contributed by atoms with van der Waals surface area (Å²) in [5.41, 5.74) is 7.08. The van der Waals surface area contributed by atoms with Crippen LogP contribution in [0.2, 0.25) is 0 Å². The van der Waals surface area contributed by atoms with E-state index in [2.05, 4.69) is 33.2 Å². The van der Waals surface area contributed by atoms with Crippen molar-refractivity contribution >= 4 is 40.5 Å². The molecule has 0 aromatic heterocycles. The molecule has 2 aromatic rings.